The Hall–Kier alpha value is -4.11. The molecule has 0 spiro atoms. The second kappa shape index (κ2) is 42.9. The van der Waals surface area contributed by atoms with E-state index in [1.54, 1.807) is 13.8 Å². The lowest BCUT2D eigenvalue weighted by molar-refractivity contribution is -0.132. The first-order chi connectivity index (χ1) is 36.0. The zero-order chi connectivity index (χ0) is 57.4. The van der Waals surface area contributed by atoms with Gasteiger partial charge in [-0.3, -0.25) is 33.6 Å². The maximum absolute atomic E-state index is 14.2. The van der Waals surface area contributed by atoms with Gasteiger partial charge >= 0.3 is 0 Å². The molecule has 7 unspecified atom stereocenters. The van der Waals surface area contributed by atoms with Crippen LogP contribution in [0, 0.1) is 0 Å². The number of ether oxygens (including phenoxy) is 1. The maximum atomic E-state index is 14.2. The first kappa shape index (κ1) is 71.9. The first-order valence-corrected chi connectivity index (χ1v) is 28.2. The molecule has 0 aromatic rings. The molecular weight excluding hydrogens is 979 g/mol. The van der Waals surface area contributed by atoms with Crippen LogP contribution in [0.25, 0.3) is 0 Å². The third kappa shape index (κ3) is 36.8. The first-order valence-electron chi connectivity index (χ1n) is 28.2. The standard InChI is InChI=1S/C52H107N15O9/c1-51(2,75)27-36-76-52(3,4)26-35-64-49(73)42(67-50(74)43(66-47(71)40(60)22-8-15-31-56)25-11-17-33-62-45(69)38(58)20-6-13-29-54)24-10-18-34-63-48(72)41(65-46(70)39(59)21-7-14-30-55)23-9-16-32-61-44(68)37(57)19-5-12-28-53/h37-43,75H,5-36,53-60H2,1-4H3,(H,61,68)(H,62,69)(H,63,72)(H,64,73)(H,65,70)(H,66,71)(H,67,74). The lowest BCUT2D eigenvalue weighted by atomic mass is 10.0. The Morgan fingerprint density at radius 2 is 0.671 bits per heavy atom. The topological polar surface area (TPSA) is 441 Å². The van der Waals surface area contributed by atoms with E-state index in [-0.39, 0.29) is 44.2 Å². The zero-order valence-electron chi connectivity index (χ0n) is 47.0. The molecule has 0 radical (unpaired) electrons. The number of carbonyl (C=O) groups excluding carboxylic acids is 7. The Labute approximate surface area is 454 Å². The van der Waals surface area contributed by atoms with Crippen LogP contribution in [0.15, 0.2) is 0 Å². The monoisotopic (exact) mass is 1090 g/mol. The maximum Gasteiger partial charge on any atom is 0.243 e. The molecule has 7 amide bonds. The van der Waals surface area contributed by atoms with Crippen molar-refractivity contribution in [3.8, 4) is 0 Å². The molecule has 0 bridgehead atoms. The Balaban J connectivity index is 6.13. The van der Waals surface area contributed by atoms with E-state index in [1.165, 1.54) is 0 Å². The summed E-state index contributed by atoms with van der Waals surface area (Å²) in [5.74, 6) is -3.02. The van der Waals surface area contributed by atoms with Crippen LogP contribution in [-0.4, -0.2) is 159 Å². The molecule has 0 fully saturated rings. The molecule has 24 heteroatoms. The molecule has 7 atom stereocenters. The van der Waals surface area contributed by atoms with Crippen LogP contribution >= 0.6 is 0 Å². The summed E-state index contributed by atoms with van der Waals surface area (Å²) in [6, 6.07) is -6.07. The average Bonchev–Trinajstić information content (AvgIpc) is 3.36. The van der Waals surface area contributed by atoms with Gasteiger partial charge in [-0.15, -0.1) is 0 Å². The van der Waals surface area contributed by atoms with Crippen molar-refractivity contribution >= 4 is 41.4 Å². The van der Waals surface area contributed by atoms with E-state index >= 15 is 0 Å². The highest BCUT2D eigenvalue weighted by Gasteiger charge is 2.30. The van der Waals surface area contributed by atoms with Crippen molar-refractivity contribution in [1.29, 1.82) is 0 Å². The predicted molar refractivity (Wildman–Crippen MR) is 298 cm³/mol. The van der Waals surface area contributed by atoms with E-state index < -0.39 is 83.0 Å². The van der Waals surface area contributed by atoms with Gasteiger partial charge in [0, 0.05) is 26.2 Å². The fraction of sp³-hybridized carbons (Fsp3) is 0.865. The number of amides is 7. The fourth-order valence-electron chi connectivity index (χ4n) is 7.89. The Bertz CT molecular complexity index is 1620. The molecule has 0 aliphatic carbocycles. The van der Waals surface area contributed by atoms with Crippen LogP contribution < -0.4 is 83.1 Å². The molecule has 0 rings (SSSR count). The van der Waals surface area contributed by atoms with Gasteiger partial charge in [0.25, 0.3) is 0 Å². The summed E-state index contributed by atoms with van der Waals surface area (Å²) in [5, 5.41) is 30.1. The van der Waals surface area contributed by atoms with Crippen LogP contribution in [0.5, 0.6) is 0 Å². The molecule has 444 valence electrons. The Kier molecular flexibility index (Phi) is 40.5. The van der Waals surface area contributed by atoms with E-state index in [4.69, 9.17) is 50.6 Å². The number of hydrogen-bond donors (Lipinski definition) is 16. The summed E-state index contributed by atoms with van der Waals surface area (Å²) in [6.07, 6.45) is 11.6. The lowest BCUT2D eigenvalue weighted by Gasteiger charge is -2.28. The van der Waals surface area contributed by atoms with Crippen LogP contribution in [0.2, 0.25) is 0 Å². The van der Waals surface area contributed by atoms with Gasteiger partial charge in [0.2, 0.25) is 41.4 Å². The van der Waals surface area contributed by atoms with E-state index in [2.05, 4.69) is 37.2 Å². The van der Waals surface area contributed by atoms with Crippen molar-refractivity contribution in [3.63, 3.8) is 0 Å². The van der Waals surface area contributed by atoms with Gasteiger partial charge in [-0.1, -0.05) is 25.7 Å². The van der Waals surface area contributed by atoms with E-state index in [0.29, 0.717) is 149 Å². The van der Waals surface area contributed by atoms with Gasteiger partial charge in [-0.2, -0.15) is 0 Å². The molecule has 0 aliphatic rings. The van der Waals surface area contributed by atoms with E-state index in [0.717, 1.165) is 25.7 Å². The third-order valence-corrected chi connectivity index (χ3v) is 13.0. The smallest absolute Gasteiger partial charge is 0.243 e. The molecule has 24 N–H and O–H groups in total. The molecule has 0 saturated carbocycles. The van der Waals surface area contributed by atoms with E-state index in [1.807, 2.05) is 13.8 Å². The second-order valence-corrected chi connectivity index (χ2v) is 21.3. The van der Waals surface area contributed by atoms with Gasteiger partial charge in [-0.05, 0) is 176 Å². The molecular formula is C52H107N15O9. The number of hydrogen-bond acceptors (Lipinski definition) is 17. The average molecular weight is 1090 g/mol. The zero-order valence-corrected chi connectivity index (χ0v) is 47.0. The molecule has 76 heavy (non-hydrogen) atoms. The predicted octanol–water partition coefficient (Wildman–Crippen LogP) is -1.41. The van der Waals surface area contributed by atoms with E-state index in [9.17, 15) is 38.7 Å². The van der Waals surface area contributed by atoms with Gasteiger partial charge in [0.05, 0.1) is 42.0 Å². The summed E-state index contributed by atoms with van der Waals surface area (Å²) in [6.45, 7) is 10.4. The summed E-state index contributed by atoms with van der Waals surface area (Å²) < 4.78 is 6.01. The highest BCUT2D eigenvalue weighted by Crippen LogP contribution is 2.17. The van der Waals surface area contributed by atoms with Crippen molar-refractivity contribution in [1.82, 2.24) is 37.2 Å². The van der Waals surface area contributed by atoms with Crippen LogP contribution in [0.4, 0.5) is 0 Å². The van der Waals surface area contributed by atoms with Crippen molar-refractivity contribution in [2.75, 3.05) is 59.0 Å². The SMILES string of the molecule is CC(C)(O)CCOC(C)(C)CCNC(=O)C(CCCCNC(=O)C(CCCCNC(=O)C(N)CCCCN)NC(=O)C(N)CCCCN)NC(=O)C(CCCCNC(=O)C(N)CCCCN)NC(=O)C(N)CCCCN. The van der Waals surface area contributed by atoms with Gasteiger partial charge < -0.3 is 92.9 Å². The Morgan fingerprint density at radius 1 is 0.382 bits per heavy atom. The molecule has 0 aromatic heterocycles. The summed E-state index contributed by atoms with van der Waals surface area (Å²) in [7, 11) is 0. The van der Waals surface area contributed by atoms with Gasteiger partial charge in [0.15, 0.2) is 0 Å². The Morgan fingerprint density at radius 3 is 1.01 bits per heavy atom. The third-order valence-electron chi connectivity index (χ3n) is 13.0. The minimum Gasteiger partial charge on any atom is -0.390 e. The van der Waals surface area contributed by atoms with Crippen molar-refractivity contribution in [2.24, 2.45) is 45.9 Å². The number of nitrogens with two attached hydrogens (primary N) is 8. The lowest BCUT2D eigenvalue weighted by Crippen LogP contribution is -2.56. The largest absolute Gasteiger partial charge is 0.390 e. The van der Waals surface area contributed by atoms with Crippen molar-refractivity contribution in [2.45, 2.75) is 229 Å². The fourth-order valence-corrected chi connectivity index (χ4v) is 7.89. The molecule has 24 nitrogen and oxygen atoms in total. The molecule has 0 aromatic carbocycles. The highest BCUT2D eigenvalue weighted by molar-refractivity contribution is 5.93. The minimum atomic E-state index is -1.07. The quantitative estimate of drug-likeness (QED) is 0.0311. The molecule has 0 saturated heterocycles. The number of aliphatic hydroxyl groups is 1. The van der Waals surface area contributed by atoms with Crippen LogP contribution in [0.3, 0.4) is 0 Å². The number of rotatable bonds is 48. The molecule has 0 heterocycles. The van der Waals surface area contributed by atoms with Crippen molar-refractivity contribution in [3.05, 3.63) is 0 Å². The minimum absolute atomic E-state index is 0.163. The van der Waals surface area contributed by atoms with Gasteiger partial charge in [0.1, 0.15) is 18.1 Å². The summed E-state index contributed by atoms with van der Waals surface area (Å²) in [4.78, 5) is 93.2. The number of carbonyl (C=O) groups is 7. The number of nitrogens with one attached hydrogen (secondary N) is 7. The normalized spacial score (nSPS) is 14.5. The molecule has 0 aliphatic heterocycles. The number of unbranched alkanes of at least 4 members (excludes halogenated alkanes) is 7. The van der Waals surface area contributed by atoms with Gasteiger partial charge in [-0.25, -0.2) is 0 Å². The summed E-state index contributed by atoms with van der Waals surface area (Å²) in [5.41, 5.74) is 45.3. The highest BCUT2D eigenvalue weighted by atomic mass is 16.5. The van der Waals surface area contributed by atoms with Crippen LogP contribution in [-0.2, 0) is 38.3 Å². The van der Waals surface area contributed by atoms with Crippen LogP contribution in [0.1, 0.15) is 175 Å². The second-order valence-electron chi connectivity index (χ2n) is 21.3. The summed E-state index contributed by atoms with van der Waals surface area (Å²) >= 11 is 0. The van der Waals surface area contributed by atoms with Crippen molar-refractivity contribution < 1.29 is 43.4 Å².